The molecule has 0 radical (unpaired) electrons. The first-order valence-electron chi connectivity index (χ1n) is 11.7. The Hall–Kier alpha value is -2.65. The minimum atomic E-state index is -3.77. The predicted octanol–water partition coefficient (Wildman–Crippen LogP) is 5.27. The van der Waals surface area contributed by atoms with E-state index in [9.17, 15) is 8.42 Å². The number of nitrogens with one attached hydrogen (secondary N) is 1. The van der Waals surface area contributed by atoms with E-state index in [0.29, 0.717) is 36.3 Å². The van der Waals surface area contributed by atoms with Gasteiger partial charge in [0.25, 0.3) is 0 Å². The summed E-state index contributed by atoms with van der Waals surface area (Å²) in [5.74, 6) is 1.14. The molecule has 1 saturated heterocycles. The molecule has 0 amide bonds. The van der Waals surface area contributed by atoms with Gasteiger partial charge in [0.2, 0.25) is 15.9 Å². The maximum absolute atomic E-state index is 13.0. The molecule has 0 bridgehead atoms. The lowest BCUT2D eigenvalue weighted by Crippen LogP contribution is -2.36. The summed E-state index contributed by atoms with van der Waals surface area (Å²) in [5, 5.41) is 0.411. The molecule has 1 aliphatic heterocycles. The number of sulfonamides is 1. The summed E-state index contributed by atoms with van der Waals surface area (Å²) in [6, 6.07) is 13.9. The molecule has 1 atom stereocenters. The minimum absolute atomic E-state index is 0.128. The van der Waals surface area contributed by atoms with Crippen LogP contribution in [-0.4, -0.2) is 39.7 Å². The van der Waals surface area contributed by atoms with Crippen molar-refractivity contribution in [3.8, 4) is 11.6 Å². The molecule has 0 aliphatic carbocycles. The summed E-state index contributed by atoms with van der Waals surface area (Å²) < 4.78 is 40.4. The molecule has 2 heterocycles. The topological polar surface area (TPSA) is 80.8 Å². The molecule has 1 N–H and O–H groups in total. The molecule has 2 aromatic carbocycles. The van der Waals surface area contributed by atoms with Crippen LogP contribution in [0.2, 0.25) is 5.02 Å². The Morgan fingerprint density at radius 2 is 1.94 bits per heavy atom. The highest BCUT2D eigenvalue weighted by molar-refractivity contribution is 7.89. The fourth-order valence-corrected chi connectivity index (χ4v) is 5.61. The smallest absolute Gasteiger partial charge is 0.241 e. The summed E-state index contributed by atoms with van der Waals surface area (Å²) in [7, 11) is -3.77. The van der Waals surface area contributed by atoms with Crippen LogP contribution in [0.15, 0.2) is 59.6 Å². The molecule has 0 saturated carbocycles. The second-order valence-electron chi connectivity index (χ2n) is 8.49. The molecule has 1 aliphatic rings. The Morgan fingerprint density at radius 1 is 1.17 bits per heavy atom. The average molecular weight is 516 g/mol. The van der Waals surface area contributed by atoms with Gasteiger partial charge in [0, 0.05) is 47.7 Å². The monoisotopic (exact) mass is 515 g/mol. The summed E-state index contributed by atoms with van der Waals surface area (Å²) >= 11 is 6.15. The van der Waals surface area contributed by atoms with Gasteiger partial charge in [-0.3, -0.25) is 0 Å². The zero-order chi connectivity index (χ0) is 25.0. The van der Waals surface area contributed by atoms with E-state index in [1.165, 1.54) is 6.07 Å². The Kier molecular flexibility index (Phi) is 7.96. The van der Waals surface area contributed by atoms with Crippen LogP contribution in [0.4, 0.5) is 5.69 Å². The van der Waals surface area contributed by atoms with Crippen molar-refractivity contribution < 1.29 is 17.9 Å². The Bertz CT molecular complexity index is 1290. The van der Waals surface area contributed by atoms with E-state index in [-0.39, 0.29) is 4.90 Å². The van der Waals surface area contributed by atoms with Gasteiger partial charge in [0.1, 0.15) is 5.75 Å². The number of benzene rings is 2. The fraction of sp³-hybridized carbons (Fsp3) is 0.346. The number of anilines is 1. The van der Waals surface area contributed by atoms with Crippen molar-refractivity contribution in [2.24, 2.45) is 0 Å². The number of morpholine rings is 1. The normalized spacial score (nSPS) is 15.1. The first-order valence-corrected chi connectivity index (χ1v) is 13.5. The van der Waals surface area contributed by atoms with Crippen molar-refractivity contribution in [2.45, 2.75) is 38.1 Å². The Labute approximate surface area is 212 Å². The lowest BCUT2D eigenvalue weighted by Gasteiger charge is -2.29. The van der Waals surface area contributed by atoms with Crippen LogP contribution in [0.1, 0.15) is 36.6 Å². The van der Waals surface area contributed by atoms with Gasteiger partial charge in [-0.05, 0) is 61.7 Å². The summed E-state index contributed by atoms with van der Waals surface area (Å²) in [6.45, 7) is 8.72. The number of aromatic nitrogens is 1. The van der Waals surface area contributed by atoms with E-state index >= 15 is 0 Å². The standard InChI is InChI=1S/C26H30ClN3O4S/c1-4-23-24(19(3)29-35(31,32)22-9-8-18(2)25(27)17-22)10-11-28-26(23)34-21-7-5-6-20(16-21)30-12-14-33-15-13-30/h5-11,16-17,19,29H,4,12-15H2,1-3H3. The molecule has 35 heavy (non-hydrogen) atoms. The molecule has 1 aromatic heterocycles. The number of pyridine rings is 1. The molecular weight excluding hydrogens is 486 g/mol. The number of aryl methyl sites for hydroxylation is 1. The third-order valence-electron chi connectivity index (χ3n) is 6.07. The number of hydrogen-bond acceptors (Lipinski definition) is 6. The van der Waals surface area contributed by atoms with Gasteiger partial charge in [0.05, 0.1) is 18.1 Å². The van der Waals surface area contributed by atoms with Crippen LogP contribution in [0.5, 0.6) is 11.6 Å². The van der Waals surface area contributed by atoms with Crippen molar-refractivity contribution in [2.75, 3.05) is 31.2 Å². The molecule has 4 rings (SSSR count). The maximum atomic E-state index is 13.0. The van der Waals surface area contributed by atoms with Crippen molar-refractivity contribution >= 4 is 27.3 Å². The molecule has 0 spiro atoms. The van der Waals surface area contributed by atoms with E-state index in [1.807, 2.05) is 45.0 Å². The highest BCUT2D eigenvalue weighted by Gasteiger charge is 2.23. The van der Waals surface area contributed by atoms with E-state index in [2.05, 4.69) is 20.7 Å². The first-order chi connectivity index (χ1) is 16.8. The second kappa shape index (κ2) is 11.0. The number of nitrogens with zero attached hydrogens (tertiary/aromatic N) is 2. The molecule has 9 heteroatoms. The third-order valence-corrected chi connectivity index (χ3v) is 8.01. The Balaban J connectivity index is 1.57. The molecule has 186 valence electrons. The van der Waals surface area contributed by atoms with Gasteiger partial charge < -0.3 is 14.4 Å². The number of hydrogen-bond donors (Lipinski definition) is 1. The quantitative estimate of drug-likeness (QED) is 0.440. The van der Waals surface area contributed by atoms with Crippen LogP contribution in [0.3, 0.4) is 0 Å². The van der Waals surface area contributed by atoms with Crippen LogP contribution < -0.4 is 14.4 Å². The van der Waals surface area contributed by atoms with E-state index in [0.717, 1.165) is 35.5 Å². The molecule has 1 unspecified atom stereocenters. The van der Waals surface area contributed by atoms with Crippen LogP contribution in [0, 0.1) is 6.92 Å². The lowest BCUT2D eigenvalue weighted by atomic mass is 10.0. The number of rotatable bonds is 8. The largest absolute Gasteiger partial charge is 0.439 e. The van der Waals surface area contributed by atoms with Gasteiger partial charge in [-0.15, -0.1) is 0 Å². The van der Waals surface area contributed by atoms with E-state index in [1.54, 1.807) is 18.3 Å². The van der Waals surface area contributed by atoms with Gasteiger partial charge >= 0.3 is 0 Å². The van der Waals surface area contributed by atoms with Gasteiger partial charge in [-0.25, -0.2) is 18.1 Å². The molecule has 7 nitrogen and oxygen atoms in total. The third kappa shape index (κ3) is 5.95. The van der Waals surface area contributed by atoms with Crippen LogP contribution in [-0.2, 0) is 21.2 Å². The minimum Gasteiger partial charge on any atom is -0.439 e. The zero-order valence-corrected chi connectivity index (χ0v) is 21.7. The molecule has 1 fully saturated rings. The Morgan fingerprint density at radius 3 is 2.66 bits per heavy atom. The van der Waals surface area contributed by atoms with Gasteiger partial charge in [0.15, 0.2) is 0 Å². The van der Waals surface area contributed by atoms with Gasteiger partial charge in [-0.2, -0.15) is 0 Å². The highest BCUT2D eigenvalue weighted by atomic mass is 35.5. The van der Waals surface area contributed by atoms with Crippen molar-refractivity contribution in [3.05, 3.63) is 76.4 Å². The summed E-state index contributed by atoms with van der Waals surface area (Å²) in [5.41, 5.74) is 3.54. The van der Waals surface area contributed by atoms with Crippen LogP contribution in [0.25, 0.3) is 0 Å². The van der Waals surface area contributed by atoms with Crippen LogP contribution >= 0.6 is 11.6 Å². The van der Waals surface area contributed by atoms with Crippen molar-refractivity contribution in [1.29, 1.82) is 0 Å². The second-order valence-corrected chi connectivity index (χ2v) is 10.6. The fourth-order valence-electron chi connectivity index (χ4n) is 4.12. The molecular formula is C26H30ClN3O4S. The number of halogens is 1. The zero-order valence-electron chi connectivity index (χ0n) is 20.1. The van der Waals surface area contributed by atoms with Gasteiger partial charge in [-0.1, -0.05) is 30.7 Å². The maximum Gasteiger partial charge on any atom is 0.241 e. The predicted molar refractivity (Wildman–Crippen MR) is 138 cm³/mol. The SMILES string of the molecule is CCc1c(C(C)NS(=O)(=O)c2ccc(C)c(Cl)c2)ccnc1Oc1cccc(N2CCOCC2)c1. The van der Waals surface area contributed by atoms with E-state index in [4.69, 9.17) is 21.1 Å². The molecule has 3 aromatic rings. The van der Waals surface area contributed by atoms with E-state index < -0.39 is 16.1 Å². The highest BCUT2D eigenvalue weighted by Crippen LogP contribution is 2.32. The number of ether oxygens (including phenoxy) is 2. The van der Waals surface area contributed by atoms with Crippen molar-refractivity contribution in [1.82, 2.24) is 9.71 Å². The average Bonchev–Trinajstić information content (AvgIpc) is 2.86. The summed E-state index contributed by atoms with van der Waals surface area (Å²) in [6.07, 6.45) is 2.27. The van der Waals surface area contributed by atoms with Crippen molar-refractivity contribution in [3.63, 3.8) is 0 Å². The lowest BCUT2D eigenvalue weighted by molar-refractivity contribution is 0.122. The first kappa shape index (κ1) is 25.4. The summed E-state index contributed by atoms with van der Waals surface area (Å²) in [4.78, 5) is 6.84.